The fraction of sp³-hybridized carbons (Fsp3) is 0. The summed E-state index contributed by atoms with van der Waals surface area (Å²) in [7, 11) is 0. The molecule has 0 saturated heterocycles. The highest BCUT2D eigenvalue weighted by Crippen LogP contribution is 2.47. The van der Waals surface area contributed by atoms with Crippen LogP contribution in [0.2, 0.25) is 0 Å². The molecule has 2 aliphatic heterocycles. The van der Waals surface area contributed by atoms with Crippen molar-refractivity contribution in [2.24, 2.45) is 0 Å². The summed E-state index contributed by atoms with van der Waals surface area (Å²) in [5.41, 5.74) is 33.1. The maximum Gasteiger partial charge on any atom is 0.252 e. The van der Waals surface area contributed by atoms with Crippen molar-refractivity contribution in [3.8, 4) is 100 Å². The van der Waals surface area contributed by atoms with Gasteiger partial charge in [0.05, 0.1) is 22.2 Å². The largest absolute Gasteiger partial charge is 0.311 e. The van der Waals surface area contributed by atoms with Gasteiger partial charge in [-0.05, 0) is 196 Å². The van der Waals surface area contributed by atoms with Crippen molar-refractivity contribution in [3.63, 3.8) is 0 Å². The fourth-order valence-corrected chi connectivity index (χ4v) is 15.5. The molecule has 0 saturated carbocycles. The number of hydrogen-bond acceptors (Lipinski definition) is 1. The minimum absolute atomic E-state index is 0.122. The molecule has 4 heterocycles. The van der Waals surface area contributed by atoms with Gasteiger partial charge in [-0.25, -0.2) is 0 Å². The van der Waals surface area contributed by atoms with Crippen LogP contribution in [0.15, 0.2) is 352 Å². The Morgan fingerprint density at radius 2 is 0.553 bits per heavy atom. The SMILES string of the molecule is c1ccc(-c2cc(-c3ccccc3)cc(-c3ccc4c5ccc(-c6cc(-c7ccccc7)cc(-c7ccccc7)c6)cc5n(-c5cc6c7c(c5)-n5c8ccccc8c8cc(-c9ccccc9)cc(c85)B7c5cc(-c7ccccc7)ccc5N6c5ccccc5)c4c3)c2)cc1. The Morgan fingerprint density at radius 3 is 1.03 bits per heavy atom. The van der Waals surface area contributed by atoms with Gasteiger partial charge in [0, 0.05) is 49.8 Å². The van der Waals surface area contributed by atoms with E-state index in [1.807, 2.05) is 0 Å². The predicted octanol–water partition coefficient (Wildman–Crippen LogP) is 21.8. The van der Waals surface area contributed by atoms with Gasteiger partial charge in [0.15, 0.2) is 0 Å². The number of anilines is 3. The van der Waals surface area contributed by atoms with Crippen LogP contribution in [0.4, 0.5) is 17.1 Å². The molecule has 0 fully saturated rings. The lowest BCUT2D eigenvalue weighted by Crippen LogP contribution is -2.60. The van der Waals surface area contributed by atoms with Crippen molar-refractivity contribution < 1.29 is 0 Å². The minimum Gasteiger partial charge on any atom is -0.311 e. The summed E-state index contributed by atoms with van der Waals surface area (Å²) in [6, 6.07) is 131. The van der Waals surface area contributed by atoms with E-state index >= 15 is 0 Å². The first kappa shape index (κ1) is 53.6. The molecular formula is C90H58BN3. The molecular weight excluding hydrogens is 1130 g/mol. The van der Waals surface area contributed by atoms with E-state index in [1.54, 1.807) is 0 Å². The summed E-state index contributed by atoms with van der Waals surface area (Å²) in [5, 5.41) is 4.86. The summed E-state index contributed by atoms with van der Waals surface area (Å²) in [6.45, 7) is -0.122. The second-order valence-electron chi connectivity index (χ2n) is 25.2. The van der Waals surface area contributed by atoms with Crippen LogP contribution < -0.4 is 21.3 Å². The van der Waals surface area contributed by atoms with Crippen LogP contribution in [-0.4, -0.2) is 15.8 Å². The van der Waals surface area contributed by atoms with Gasteiger partial charge in [0.1, 0.15) is 0 Å². The molecule has 0 atom stereocenters. The van der Waals surface area contributed by atoms with E-state index < -0.39 is 0 Å². The minimum atomic E-state index is -0.122. The number of rotatable bonds is 10. The van der Waals surface area contributed by atoms with Crippen LogP contribution in [-0.2, 0) is 0 Å². The molecule has 0 amide bonds. The molecule has 0 radical (unpaired) electrons. The number of para-hydroxylation sites is 2. The van der Waals surface area contributed by atoms with E-state index in [1.165, 1.54) is 127 Å². The standard InChI is InChI=1S/C90H58BN3/c1-8-24-59(25-9-1)65-42-45-84-81(53-65)91-82-54-74(64-34-18-6-19-35-64)52-80-77-38-22-23-39-83(77)94(90(80)82)88-58-76(57-87(89(88)91)92(84)75-36-20-7-21-37-75)93-85-55-66(72-48-68(60-26-10-2-11-27-60)46-69(49-72)61-28-12-3-13-29-61)40-43-78(85)79-44-41-67(56-86(79)93)73-50-70(62-30-14-4-15-31-62)47-71(51-73)63-32-16-5-17-33-63/h1-58H. The lowest BCUT2D eigenvalue weighted by Gasteiger charge is -2.41. The molecule has 3 nitrogen and oxygen atoms in total. The lowest BCUT2D eigenvalue weighted by atomic mass is 9.33. The first-order chi connectivity index (χ1) is 46.6. The van der Waals surface area contributed by atoms with Gasteiger partial charge in [-0.3, -0.25) is 0 Å². The van der Waals surface area contributed by atoms with Gasteiger partial charge in [0.2, 0.25) is 0 Å². The van der Waals surface area contributed by atoms with E-state index in [4.69, 9.17) is 0 Å². The van der Waals surface area contributed by atoms with Crippen LogP contribution in [0.25, 0.3) is 144 Å². The van der Waals surface area contributed by atoms with Gasteiger partial charge in [-0.15, -0.1) is 0 Å². The van der Waals surface area contributed by atoms with E-state index in [2.05, 4.69) is 366 Å². The maximum atomic E-state index is 2.62. The molecule has 94 heavy (non-hydrogen) atoms. The van der Waals surface area contributed by atoms with E-state index in [0.29, 0.717) is 0 Å². The monoisotopic (exact) mass is 1190 g/mol. The smallest absolute Gasteiger partial charge is 0.252 e. The van der Waals surface area contributed by atoms with Gasteiger partial charge in [-0.2, -0.15) is 0 Å². The third-order valence-corrected chi connectivity index (χ3v) is 19.8. The highest BCUT2D eigenvalue weighted by Gasteiger charge is 2.43. The van der Waals surface area contributed by atoms with Gasteiger partial charge >= 0.3 is 0 Å². The van der Waals surface area contributed by atoms with Crippen LogP contribution in [0.5, 0.6) is 0 Å². The van der Waals surface area contributed by atoms with Gasteiger partial charge < -0.3 is 14.0 Å². The van der Waals surface area contributed by atoms with Crippen LogP contribution >= 0.6 is 0 Å². The Balaban J connectivity index is 0.928. The zero-order valence-corrected chi connectivity index (χ0v) is 51.4. The van der Waals surface area contributed by atoms with Gasteiger partial charge in [0.25, 0.3) is 6.71 Å². The molecule has 19 rings (SSSR count). The quantitative estimate of drug-likeness (QED) is 0.124. The molecule has 2 aliphatic rings. The molecule has 4 heteroatoms. The molecule has 0 N–H and O–H groups in total. The van der Waals surface area contributed by atoms with E-state index in [-0.39, 0.29) is 6.71 Å². The number of hydrogen-bond donors (Lipinski definition) is 0. The Hall–Kier alpha value is -12.2. The summed E-state index contributed by atoms with van der Waals surface area (Å²) in [4.78, 5) is 2.56. The highest BCUT2D eigenvalue weighted by atomic mass is 15.2. The van der Waals surface area contributed by atoms with Crippen LogP contribution in [0.1, 0.15) is 0 Å². The highest BCUT2D eigenvalue weighted by molar-refractivity contribution is 7.00. The maximum absolute atomic E-state index is 2.62. The molecule has 0 unspecified atom stereocenters. The number of benzene rings is 15. The average molecular weight is 1190 g/mol. The molecule has 0 aliphatic carbocycles. The lowest BCUT2D eigenvalue weighted by molar-refractivity contribution is 1.13. The number of nitrogens with zero attached hydrogens (tertiary/aromatic N) is 3. The predicted molar refractivity (Wildman–Crippen MR) is 398 cm³/mol. The normalized spacial score (nSPS) is 12.2. The van der Waals surface area contributed by atoms with Crippen LogP contribution in [0.3, 0.4) is 0 Å². The summed E-state index contributed by atoms with van der Waals surface area (Å²) in [6.07, 6.45) is 0. The first-order valence-corrected chi connectivity index (χ1v) is 32.6. The van der Waals surface area contributed by atoms with Gasteiger partial charge in [-0.1, -0.05) is 261 Å². The summed E-state index contributed by atoms with van der Waals surface area (Å²) >= 11 is 0. The van der Waals surface area contributed by atoms with E-state index in [9.17, 15) is 0 Å². The second-order valence-corrected chi connectivity index (χ2v) is 25.2. The number of fused-ring (bicyclic) bond motifs is 10. The van der Waals surface area contributed by atoms with Crippen molar-refractivity contribution in [2.75, 3.05) is 4.90 Å². The molecule has 0 spiro atoms. The molecule has 436 valence electrons. The zero-order valence-electron chi connectivity index (χ0n) is 51.4. The van der Waals surface area contributed by atoms with Crippen molar-refractivity contribution in [1.82, 2.24) is 9.13 Å². The molecule has 2 aromatic heterocycles. The van der Waals surface area contributed by atoms with Crippen molar-refractivity contribution in [3.05, 3.63) is 352 Å². The topological polar surface area (TPSA) is 13.1 Å². The Kier molecular flexibility index (Phi) is 12.4. The van der Waals surface area contributed by atoms with Crippen LogP contribution in [0, 0.1) is 0 Å². The first-order valence-electron chi connectivity index (χ1n) is 32.6. The Morgan fingerprint density at radius 1 is 0.191 bits per heavy atom. The molecule has 15 aromatic carbocycles. The molecule has 17 aromatic rings. The zero-order chi connectivity index (χ0) is 61.8. The number of aromatic nitrogens is 2. The van der Waals surface area contributed by atoms with E-state index in [0.717, 1.165) is 50.3 Å². The van der Waals surface area contributed by atoms with Crippen molar-refractivity contribution >= 4 is 83.8 Å². The third-order valence-electron chi connectivity index (χ3n) is 19.8. The molecule has 0 bridgehead atoms. The fourth-order valence-electron chi connectivity index (χ4n) is 15.5. The van der Waals surface area contributed by atoms with Crippen molar-refractivity contribution in [1.29, 1.82) is 0 Å². The summed E-state index contributed by atoms with van der Waals surface area (Å²) < 4.78 is 5.21. The summed E-state index contributed by atoms with van der Waals surface area (Å²) in [5.74, 6) is 0. The average Bonchev–Trinajstić information content (AvgIpc) is 1.44. The second kappa shape index (κ2) is 21.7. The van der Waals surface area contributed by atoms with Crippen molar-refractivity contribution in [2.45, 2.75) is 0 Å². The Bertz CT molecular complexity index is 5520. The third kappa shape index (κ3) is 8.75. The Labute approximate surface area is 546 Å².